The summed E-state index contributed by atoms with van der Waals surface area (Å²) < 4.78 is 6.24. The van der Waals surface area contributed by atoms with Crippen molar-refractivity contribution in [1.82, 2.24) is 0 Å². The molecular formula is C19H30O2Si. The fourth-order valence-corrected chi connectivity index (χ4v) is 5.37. The quantitative estimate of drug-likeness (QED) is 0.430. The zero-order valence-corrected chi connectivity index (χ0v) is 15.5. The van der Waals surface area contributed by atoms with Gasteiger partial charge in [-0.15, -0.1) is 0 Å². The van der Waals surface area contributed by atoms with Gasteiger partial charge in [-0.3, -0.25) is 4.79 Å². The van der Waals surface area contributed by atoms with Gasteiger partial charge in [-0.2, -0.15) is 0 Å². The van der Waals surface area contributed by atoms with Crippen LogP contribution in [0.2, 0.25) is 18.1 Å². The molecule has 0 radical (unpaired) electrons. The fourth-order valence-electron chi connectivity index (χ4n) is 2.81. The third kappa shape index (κ3) is 5.89. The van der Waals surface area contributed by atoms with Crippen LogP contribution < -0.4 is 0 Å². The first-order valence-corrected chi connectivity index (χ1v) is 10.9. The van der Waals surface area contributed by atoms with Crippen molar-refractivity contribution in [3.8, 4) is 0 Å². The predicted molar refractivity (Wildman–Crippen MR) is 96.8 cm³/mol. The Morgan fingerprint density at radius 2 is 1.73 bits per heavy atom. The minimum Gasteiger partial charge on any atom is -0.413 e. The molecule has 1 aromatic rings. The van der Waals surface area contributed by atoms with Crippen molar-refractivity contribution >= 4 is 14.1 Å². The highest BCUT2D eigenvalue weighted by Gasteiger charge is 2.27. The van der Waals surface area contributed by atoms with E-state index in [9.17, 15) is 4.79 Å². The molecule has 0 aliphatic heterocycles. The van der Waals surface area contributed by atoms with Gasteiger partial charge in [0, 0.05) is 12.3 Å². The maximum atomic E-state index is 11.5. The Bertz CT molecular complexity index is 455. The van der Waals surface area contributed by atoms with Crippen molar-refractivity contribution in [1.29, 1.82) is 0 Å². The van der Waals surface area contributed by atoms with Crippen LogP contribution >= 0.6 is 0 Å². The number of benzene rings is 1. The van der Waals surface area contributed by atoms with Crippen LogP contribution in [0.15, 0.2) is 42.5 Å². The smallest absolute Gasteiger partial charge is 0.192 e. The van der Waals surface area contributed by atoms with Gasteiger partial charge in [0.05, 0.1) is 6.61 Å². The molecule has 122 valence electrons. The molecule has 1 unspecified atom stereocenters. The Morgan fingerprint density at radius 1 is 1.14 bits per heavy atom. The number of hydrogen-bond acceptors (Lipinski definition) is 2. The first-order chi connectivity index (χ1) is 10.6. The van der Waals surface area contributed by atoms with Gasteiger partial charge in [-0.25, -0.2) is 0 Å². The first kappa shape index (κ1) is 18.9. The summed E-state index contributed by atoms with van der Waals surface area (Å²) in [5.74, 6) is 0.377. The number of ketones is 1. The van der Waals surface area contributed by atoms with E-state index in [1.807, 2.05) is 18.2 Å². The second kappa shape index (κ2) is 9.75. The molecule has 0 spiro atoms. The summed E-state index contributed by atoms with van der Waals surface area (Å²) in [5.41, 5.74) is 1.19. The molecule has 2 nitrogen and oxygen atoms in total. The van der Waals surface area contributed by atoms with E-state index < -0.39 is 8.32 Å². The number of Topliss-reactive ketones (excluding diaryl/α,β-unsaturated/α-hetero) is 1. The lowest BCUT2D eigenvalue weighted by Gasteiger charge is -2.27. The predicted octanol–water partition coefficient (Wildman–Crippen LogP) is 5.33. The topological polar surface area (TPSA) is 26.3 Å². The van der Waals surface area contributed by atoms with E-state index in [1.165, 1.54) is 23.7 Å². The van der Waals surface area contributed by atoms with Crippen molar-refractivity contribution in [2.24, 2.45) is 0 Å². The molecule has 0 aromatic heterocycles. The van der Waals surface area contributed by atoms with Crippen molar-refractivity contribution in [3.05, 3.63) is 48.0 Å². The first-order valence-electron chi connectivity index (χ1n) is 8.41. The van der Waals surface area contributed by atoms with Crippen LogP contribution in [0.4, 0.5) is 0 Å². The molecule has 1 atom stereocenters. The average Bonchev–Trinajstić information content (AvgIpc) is 2.55. The molecule has 0 amide bonds. The summed E-state index contributed by atoms with van der Waals surface area (Å²) >= 11 is 0. The van der Waals surface area contributed by atoms with Gasteiger partial charge in [0.25, 0.3) is 0 Å². The van der Waals surface area contributed by atoms with Crippen LogP contribution in [0, 0.1) is 0 Å². The van der Waals surface area contributed by atoms with E-state index in [0.717, 1.165) is 0 Å². The summed E-state index contributed by atoms with van der Waals surface area (Å²) in [6.07, 6.45) is 4.79. The third-order valence-corrected chi connectivity index (χ3v) is 9.17. The monoisotopic (exact) mass is 318 g/mol. The maximum Gasteiger partial charge on any atom is 0.192 e. The summed E-state index contributed by atoms with van der Waals surface area (Å²) in [7, 11) is -1.52. The van der Waals surface area contributed by atoms with Gasteiger partial charge in [0.15, 0.2) is 8.32 Å². The number of allylic oxidation sites excluding steroid dienone is 1. The van der Waals surface area contributed by atoms with E-state index in [4.69, 9.17) is 4.43 Å². The molecule has 0 saturated carbocycles. The van der Waals surface area contributed by atoms with Gasteiger partial charge in [-0.1, -0.05) is 63.3 Å². The highest BCUT2D eigenvalue weighted by molar-refractivity contribution is 6.73. The Balaban J connectivity index is 2.68. The number of carbonyl (C=O) groups is 1. The van der Waals surface area contributed by atoms with Crippen LogP contribution in [0.3, 0.4) is 0 Å². The molecule has 22 heavy (non-hydrogen) atoms. The molecular weight excluding hydrogens is 288 g/mol. The third-order valence-electron chi connectivity index (χ3n) is 4.52. The van der Waals surface area contributed by atoms with Crippen LogP contribution in [0.5, 0.6) is 0 Å². The molecule has 1 rings (SSSR count). The number of hydrogen-bond donors (Lipinski definition) is 0. The second-order valence-electron chi connectivity index (χ2n) is 5.91. The standard InChI is InChI=1S/C19H30O2Si/c1-5-22(6-2,7-3)21-15-11-14-19(16-17(4)20)18-12-9-8-10-13-18/h8-14,19H,5-7,15-16H2,1-4H3/b14-11+. The van der Waals surface area contributed by atoms with Gasteiger partial charge in [0.1, 0.15) is 5.78 Å². The Hall–Kier alpha value is -1.19. The lowest BCUT2D eigenvalue weighted by Crippen LogP contribution is -2.35. The van der Waals surface area contributed by atoms with E-state index in [1.54, 1.807) is 6.92 Å². The van der Waals surface area contributed by atoms with Gasteiger partial charge < -0.3 is 4.43 Å². The zero-order chi connectivity index (χ0) is 16.4. The van der Waals surface area contributed by atoms with Crippen molar-refractivity contribution in [2.75, 3.05) is 6.61 Å². The Kier molecular flexibility index (Phi) is 8.36. The largest absolute Gasteiger partial charge is 0.413 e. The maximum absolute atomic E-state index is 11.5. The SMILES string of the molecule is CC[Si](CC)(CC)OC/C=C/C(CC(C)=O)c1ccccc1. The minimum absolute atomic E-state index is 0.156. The van der Waals surface area contributed by atoms with E-state index in [2.05, 4.69) is 45.1 Å². The highest BCUT2D eigenvalue weighted by atomic mass is 28.4. The van der Waals surface area contributed by atoms with Crippen LogP contribution in [-0.4, -0.2) is 20.7 Å². The lowest BCUT2D eigenvalue weighted by atomic mass is 9.94. The lowest BCUT2D eigenvalue weighted by molar-refractivity contribution is -0.117. The molecule has 0 aliphatic carbocycles. The molecule has 3 heteroatoms. The van der Waals surface area contributed by atoms with E-state index in [0.29, 0.717) is 13.0 Å². The second-order valence-corrected chi connectivity index (χ2v) is 10.7. The molecule has 0 fully saturated rings. The minimum atomic E-state index is -1.52. The van der Waals surface area contributed by atoms with E-state index >= 15 is 0 Å². The molecule has 0 saturated heterocycles. The van der Waals surface area contributed by atoms with Gasteiger partial charge >= 0.3 is 0 Å². The van der Waals surface area contributed by atoms with E-state index in [-0.39, 0.29) is 11.7 Å². The summed E-state index contributed by atoms with van der Waals surface area (Å²) in [4.78, 5) is 11.5. The van der Waals surface area contributed by atoms with Crippen molar-refractivity contribution in [2.45, 2.75) is 58.2 Å². The Labute approximate surface area is 136 Å². The van der Waals surface area contributed by atoms with Crippen LogP contribution in [0.25, 0.3) is 0 Å². The zero-order valence-electron chi connectivity index (χ0n) is 14.5. The van der Waals surface area contributed by atoms with Gasteiger partial charge in [-0.05, 0) is 30.6 Å². The summed E-state index contributed by atoms with van der Waals surface area (Å²) in [6, 6.07) is 13.7. The van der Waals surface area contributed by atoms with Gasteiger partial charge in [0.2, 0.25) is 0 Å². The molecule has 1 aromatic carbocycles. The van der Waals surface area contributed by atoms with Crippen molar-refractivity contribution < 1.29 is 9.22 Å². The van der Waals surface area contributed by atoms with Crippen molar-refractivity contribution in [3.63, 3.8) is 0 Å². The highest BCUT2D eigenvalue weighted by Crippen LogP contribution is 2.23. The molecule has 0 heterocycles. The number of carbonyl (C=O) groups excluding carboxylic acids is 1. The Morgan fingerprint density at radius 3 is 2.23 bits per heavy atom. The summed E-state index contributed by atoms with van der Waals surface area (Å²) in [5, 5.41) is 0. The summed E-state index contributed by atoms with van der Waals surface area (Å²) in [6.45, 7) is 9.05. The van der Waals surface area contributed by atoms with Crippen LogP contribution in [0.1, 0.15) is 45.6 Å². The normalized spacial score (nSPS) is 13.5. The van der Waals surface area contributed by atoms with Crippen LogP contribution in [-0.2, 0) is 9.22 Å². The molecule has 0 N–H and O–H groups in total. The molecule has 0 aliphatic rings. The molecule has 0 bridgehead atoms. The fraction of sp³-hybridized carbons (Fsp3) is 0.526. The average molecular weight is 319 g/mol. The number of rotatable bonds is 10.